The highest BCUT2D eigenvalue weighted by molar-refractivity contribution is 5.20. The normalized spacial score (nSPS) is 14.8. The van der Waals surface area contributed by atoms with Crippen molar-refractivity contribution in [2.24, 2.45) is 0 Å². The minimum absolute atomic E-state index is 0.401. The summed E-state index contributed by atoms with van der Waals surface area (Å²) >= 11 is 0. The molecule has 114 valence electrons. The van der Waals surface area contributed by atoms with Crippen molar-refractivity contribution in [1.29, 1.82) is 0 Å². The summed E-state index contributed by atoms with van der Waals surface area (Å²) in [4.78, 5) is 4.73. The standard InChI is InChI=1S/C17H31N3/c1-6-16(20(5)14-13-19(3)4)17(18-7-2)15-11-9-8-10-12-15/h8-12,16-18H,6-7,13-14H2,1-5H3. The largest absolute Gasteiger partial charge is 0.309 e. The second kappa shape index (κ2) is 9.11. The van der Waals surface area contributed by atoms with Crippen LogP contribution in [-0.2, 0) is 0 Å². The van der Waals surface area contributed by atoms with E-state index in [0.29, 0.717) is 12.1 Å². The Hall–Kier alpha value is -0.900. The molecule has 0 spiro atoms. The van der Waals surface area contributed by atoms with Gasteiger partial charge < -0.3 is 15.1 Å². The monoisotopic (exact) mass is 277 g/mol. The number of nitrogens with one attached hydrogen (secondary N) is 1. The predicted octanol–water partition coefficient (Wildman–Crippen LogP) is 2.61. The summed E-state index contributed by atoms with van der Waals surface area (Å²) in [5, 5.41) is 3.66. The summed E-state index contributed by atoms with van der Waals surface area (Å²) in [6.45, 7) is 7.66. The molecule has 1 aromatic carbocycles. The van der Waals surface area contributed by atoms with Gasteiger partial charge in [-0.25, -0.2) is 0 Å². The number of likely N-dealkylation sites (N-methyl/N-ethyl adjacent to an activating group) is 3. The Bertz CT molecular complexity index is 351. The van der Waals surface area contributed by atoms with E-state index in [-0.39, 0.29) is 0 Å². The third kappa shape index (κ3) is 5.23. The van der Waals surface area contributed by atoms with Gasteiger partial charge >= 0.3 is 0 Å². The molecule has 0 aromatic heterocycles. The van der Waals surface area contributed by atoms with Crippen LogP contribution in [0.2, 0.25) is 0 Å². The molecule has 3 nitrogen and oxygen atoms in total. The summed E-state index contributed by atoms with van der Waals surface area (Å²) in [5.74, 6) is 0. The Kier molecular flexibility index (Phi) is 7.82. The van der Waals surface area contributed by atoms with Gasteiger partial charge in [-0.3, -0.25) is 0 Å². The molecule has 0 heterocycles. The van der Waals surface area contributed by atoms with Gasteiger partial charge in [0.05, 0.1) is 0 Å². The van der Waals surface area contributed by atoms with E-state index in [1.165, 1.54) is 5.56 Å². The molecular formula is C17H31N3. The lowest BCUT2D eigenvalue weighted by atomic mass is 9.96. The fraction of sp³-hybridized carbons (Fsp3) is 0.647. The Morgan fingerprint density at radius 1 is 1.00 bits per heavy atom. The van der Waals surface area contributed by atoms with Gasteiger partial charge in [-0.05, 0) is 39.7 Å². The van der Waals surface area contributed by atoms with Crippen molar-refractivity contribution >= 4 is 0 Å². The molecule has 1 rings (SSSR count). The second-order valence-corrected chi connectivity index (χ2v) is 5.71. The van der Waals surface area contributed by atoms with Crippen molar-refractivity contribution in [2.75, 3.05) is 40.8 Å². The van der Waals surface area contributed by atoms with Gasteiger partial charge in [-0.2, -0.15) is 0 Å². The van der Waals surface area contributed by atoms with E-state index in [1.54, 1.807) is 0 Å². The maximum absolute atomic E-state index is 3.66. The van der Waals surface area contributed by atoms with E-state index in [1.807, 2.05) is 0 Å². The lowest BCUT2D eigenvalue weighted by Gasteiger charge is -2.35. The van der Waals surface area contributed by atoms with Crippen LogP contribution < -0.4 is 5.32 Å². The number of hydrogen-bond acceptors (Lipinski definition) is 3. The number of hydrogen-bond donors (Lipinski definition) is 1. The molecule has 0 aliphatic heterocycles. The van der Waals surface area contributed by atoms with Gasteiger partial charge in [0.15, 0.2) is 0 Å². The van der Waals surface area contributed by atoms with Crippen LogP contribution >= 0.6 is 0 Å². The number of nitrogens with zero attached hydrogens (tertiary/aromatic N) is 2. The molecule has 1 N–H and O–H groups in total. The molecule has 3 heteroatoms. The minimum atomic E-state index is 0.401. The number of rotatable bonds is 9. The van der Waals surface area contributed by atoms with Crippen molar-refractivity contribution < 1.29 is 0 Å². The summed E-state index contributed by atoms with van der Waals surface area (Å²) in [6, 6.07) is 11.7. The topological polar surface area (TPSA) is 18.5 Å². The molecule has 1 aromatic rings. The van der Waals surface area contributed by atoms with Gasteiger partial charge in [-0.1, -0.05) is 44.2 Å². The highest BCUT2D eigenvalue weighted by Gasteiger charge is 2.24. The lowest BCUT2D eigenvalue weighted by Crippen LogP contribution is -2.44. The Morgan fingerprint density at radius 3 is 2.15 bits per heavy atom. The van der Waals surface area contributed by atoms with E-state index >= 15 is 0 Å². The van der Waals surface area contributed by atoms with Crippen molar-refractivity contribution in [2.45, 2.75) is 32.4 Å². The molecule has 0 aliphatic carbocycles. The molecule has 0 bridgehead atoms. The first kappa shape index (κ1) is 17.2. The molecule has 0 saturated heterocycles. The Balaban J connectivity index is 2.80. The molecule has 2 unspecified atom stereocenters. The maximum Gasteiger partial charge on any atom is 0.0477 e. The Morgan fingerprint density at radius 2 is 1.65 bits per heavy atom. The van der Waals surface area contributed by atoms with Crippen molar-refractivity contribution in [3.05, 3.63) is 35.9 Å². The third-order valence-electron chi connectivity index (χ3n) is 3.85. The zero-order valence-corrected chi connectivity index (χ0v) is 13.8. The predicted molar refractivity (Wildman–Crippen MR) is 88.1 cm³/mol. The van der Waals surface area contributed by atoms with Crippen LogP contribution in [0.15, 0.2) is 30.3 Å². The van der Waals surface area contributed by atoms with Crippen molar-refractivity contribution in [3.8, 4) is 0 Å². The zero-order chi connectivity index (χ0) is 15.0. The molecule has 0 saturated carbocycles. The Labute approximate surface area is 125 Å². The van der Waals surface area contributed by atoms with Crippen LogP contribution in [0.25, 0.3) is 0 Å². The molecular weight excluding hydrogens is 246 g/mol. The van der Waals surface area contributed by atoms with Crippen LogP contribution in [-0.4, -0.2) is 56.6 Å². The zero-order valence-electron chi connectivity index (χ0n) is 13.8. The third-order valence-corrected chi connectivity index (χ3v) is 3.85. The second-order valence-electron chi connectivity index (χ2n) is 5.71. The van der Waals surface area contributed by atoms with Crippen molar-refractivity contribution in [1.82, 2.24) is 15.1 Å². The first-order chi connectivity index (χ1) is 9.60. The summed E-state index contributed by atoms with van der Waals surface area (Å²) in [5.41, 5.74) is 1.39. The van der Waals surface area contributed by atoms with E-state index in [4.69, 9.17) is 0 Å². The average molecular weight is 277 g/mol. The first-order valence-electron chi connectivity index (χ1n) is 7.73. The van der Waals surface area contributed by atoms with E-state index in [9.17, 15) is 0 Å². The van der Waals surface area contributed by atoms with E-state index in [0.717, 1.165) is 26.1 Å². The summed E-state index contributed by atoms with van der Waals surface area (Å²) < 4.78 is 0. The molecule has 0 radical (unpaired) electrons. The molecule has 0 aliphatic rings. The highest BCUT2D eigenvalue weighted by atomic mass is 15.2. The first-order valence-corrected chi connectivity index (χ1v) is 7.73. The average Bonchev–Trinajstić information content (AvgIpc) is 2.46. The smallest absolute Gasteiger partial charge is 0.0477 e. The highest BCUT2D eigenvalue weighted by Crippen LogP contribution is 2.22. The van der Waals surface area contributed by atoms with Crippen LogP contribution in [0.3, 0.4) is 0 Å². The van der Waals surface area contributed by atoms with Crippen LogP contribution in [0.4, 0.5) is 0 Å². The molecule has 2 atom stereocenters. The van der Waals surface area contributed by atoms with Gasteiger partial charge in [0, 0.05) is 25.2 Å². The van der Waals surface area contributed by atoms with Gasteiger partial charge in [0.25, 0.3) is 0 Å². The van der Waals surface area contributed by atoms with Crippen LogP contribution in [0.5, 0.6) is 0 Å². The molecule has 0 amide bonds. The molecule has 0 fully saturated rings. The van der Waals surface area contributed by atoms with Gasteiger partial charge in [-0.15, -0.1) is 0 Å². The van der Waals surface area contributed by atoms with Gasteiger partial charge in [0.1, 0.15) is 0 Å². The number of benzene rings is 1. The SMILES string of the molecule is CCNC(c1ccccc1)C(CC)N(C)CCN(C)C. The van der Waals surface area contributed by atoms with E-state index in [2.05, 4.69) is 80.4 Å². The van der Waals surface area contributed by atoms with E-state index < -0.39 is 0 Å². The molecule has 20 heavy (non-hydrogen) atoms. The minimum Gasteiger partial charge on any atom is -0.309 e. The van der Waals surface area contributed by atoms with Crippen molar-refractivity contribution in [3.63, 3.8) is 0 Å². The summed E-state index contributed by atoms with van der Waals surface area (Å²) in [6.07, 6.45) is 1.15. The maximum atomic E-state index is 3.66. The fourth-order valence-corrected chi connectivity index (χ4v) is 2.68. The van der Waals surface area contributed by atoms with Crippen LogP contribution in [0.1, 0.15) is 31.9 Å². The van der Waals surface area contributed by atoms with Crippen LogP contribution in [0, 0.1) is 0 Å². The lowest BCUT2D eigenvalue weighted by molar-refractivity contribution is 0.172. The fourth-order valence-electron chi connectivity index (χ4n) is 2.68. The quantitative estimate of drug-likeness (QED) is 0.748. The van der Waals surface area contributed by atoms with Gasteiger partial charge in [0.2, 0.25) is 0 Å². The summed E-state index contributed by atoms with van der Waals surface area (Å²) in [7, 11) is 6.51.